The van der Waals surface area contributed by atoms with Crippen molar-refractivity contribution in [1.82, 2.24) is 15.2 Å². The van der Waals surface area contributed by atoms with Crippen molar-refractivity contribution in [2.24, 2.45) is 5.92 Å². The van der Waals surface area contributed by atoms with Crippen LogP contribution in [0, 0.1) is 5.92 Å². The molecule has 8 nitrogen and oxygen atoms in total. The fraction of sp³-hybridized carbons (Fsp3) is 0.562. The third-order valence-corrected chi connectivity index (χ3v) is 5.04. The van der Waals surface area contributed by atoms with Crippen LogP contribution in [0.5, 0.6) is 5.75 Å². The van der Waals surface area contributed by atoms with Crippen molar-refractivity contribution in [3.63, 3.8) is 0 Å². The van der Waals surface area contributed by atoms with E-state index in [0.29, 0.717) is 32.5 Å². The highest BCUT2D eigenvalue weighted by Crippen LogP contribution is 2.37. The number of aromatic nitrogens is 1. The molecule has 2 aliphatic heterocycles. The van der Waals surface area contributed by atoms with E-state index in [1.807, 2.05) is 0 Å². The van der Waals surface area contributed by atoms with E-state index < -0.39 is 17.4 Å². The molecule has 3 rings (SSSR count). The number of nitrogens with zero attached hydrogens (tertiary/aromatic N) is 1. The summed E-state index contributed by atoms with van der Waals surface area (Å²) in [4.78, 5) is 40.1. The van der Waals surface area contributed by atoms with Crippen molar-refractivity contribution >= 4 is 11.9 Å². The third kappa shape index (κ3) is 3.01. The number of hydrogen-bond acceptors (Lipinski definition) is 5. The van der Waals surface area contributed by atoms with Crippen LogP contribution >= 0.6 is 0 Å². The van der Waals surface area contributed by atoms with Crippen molar-refractivity contribution in [2.45, 2.75) is 31.3 Å². The van der Waals surface area contributed by atoms with Crippen molar-refractivity contribution in [3.05, 3.63) is 28.2 Å². The summed E-state index contributed by atoms with van der Waals surface area (Å²) in [5, 5.41) is 12.3. The van der Waals surface area contributed by atoms with Gasteiger partial charge in [0.1, 0.15) is 0 Å². The number of likely N-dealkylation sites (tertiary alicyclic amines) is 1. The van der Waals surface area contributed by atoms with Gasteiger partial charge in [-0.1, -0.05) is 0 Å². The predicted octanol–water partition coefficient (Wildman–Crippen LogP) is -0.0612. The Labute approximate surface area is 138 Å². The number of aliphatic carboxylic acids is 1. The molecule has 1 amide bonds. The maximum Gasteiger partial charge on any atom is 0.309 e. The van der Waals surface area contributed by atoms with Gasteiger partial charge in [-0.3, -0.25) is 19.3 Å². The third-order valence-electron chi connectivity index (χ3n) is 5.04. The minimum absolute atomic E-state index is 0.0567. The van der Waals surface area contributed by atoms with Gasteiger partial charge in [-0.05, 0) is 12.8 Å². The molecule has 1 aromatic heterocycles. The highest BCUT2D eigenvalue weighted by atomic mass is 16.5. The van der Waals surface area contributed by atoms with Gasteiger partial charge in [-0.2, -0.15) is 0 Å². The fourth-order valence-electron chi connectivity index (χ4n) is 3.70. The number of piperidine rings is 1. The number of amides is 1. The molecule has 2 saturated heterocycles. The fourth-order valence-corrected chi connectivity index (χ4v) is 3.70. The zero-order valence-electron chi connectivity index (χ0n) is 13.5. The maximum atomic E-state index is 11.8. The average Bonchev–Trinajstić information content (AvgIpc) is 2.87. The lowest BCUT2D eigenvalue weighted by atomic mass is 9.77. The van der Waals surface area contributed by atoms with E-state index >= 15 is 0 Å². The standard InChI is InChI=1S/C16H21N3O5/c1-24-13-8-17-10(6-12(13)20)9-19-4-2-16(3-5-19)11(15(22)23)7-14(21)18-16/h6,8,11H,2-5,7,9H2,1H3,(H,17,20)(H,18,21)(H,22,23). The number of rotatable bonds is 4. The van der Waals surface area contributed by atoms with Crippen LogP contribution in [0.2, 0.25) is 0 Å². The normalized spacial score (nSPS) is 23.2. The van der Waals surface area contributed by atoms with Crippen molar-refractivity contribution in [3.8, 4) is 5.75 Å². The molecule has 3 N–H and O–H groups in total. The van der Waals surface area contributed by atoms with Crippen LogP contribution in [-0.2, 0) is 16.1 Å². The lowest BCUT2D eigenvalue weighted by molar-refractivity contribution is -0.144. The first-order valence-corrected chi connectivity index (χ1v) is 7.95. The zero-order chi connectivity index (χ0) is 17.3. The largest absolute Gasteiger partial charge is 0.491 e. The predicted molar refractivity (Wildman–Crippen MR) is 84.7 cm³/mol. The summed E-state index contributed by atoms with van der Waals surface area (Å²) < 4.78 is 4.94. The number of nitrogens with one attached hydrogen (secondary N) is 2. The highest BCUT2D eigenvalue weighted by Gasteiger charge is 2.51. The molecule has 130 valence electrons. The molecule has 0 aliphatic carbocycles. The molecule has 2 aliphatic rings. The molecule has 1 unspecified atom stereocenters. The molecule has 2 fully saturated rings. The number of H-pyrrole nitrogens is 1. The van der Waals surface area contributed by atoms with Crippen LogP contribution in [0.1, 0.15) is 25.0 Å². The summed E-state index contributed by atoms with van der Waals surface area (Å²) >= 11 is 0. The van der Waals surface area contributed by atoms with Gasteiger partial charge in [0.25, 0.3) is 0 Å². The summed E-state index contributed by atoms with van der Waals surface area (Å²) in [6, 6.07) is 1.51. The molecule has 0 aromatic carbocycles. The van der Waals surface area contributed by atoms with Gasteiger partial charge in [-0.25, -0.2) is 0 Å². The molecular formula is C16H21N3O5. The van der Waals surface area contributed by atoms with Gasteiger partial charge in [0, 0.05) is 44.0 Å². The lowest BCUT2D eigenvalue weighted by Crippen LogP contribution is -2.55. The Bertz CT molecular complexity index is 706. The summed E-state index contributed by atoms with van der Waals surface area (Å²) in [6.45, 7) is 1.90. The Morgan fingerprint density at radius 2 is 2.12 bits per heavy atom. The first-order valence-electron chi connectivity index (χ1n) is 7.95. The van der Waals surface area contributed by atoms with Crippen molar-refractivity contribution in [2.75, 3.05) is 20.2 Å². The Balaban J connectivity index is 1.65. The molecule has 0 radical (unpaired) electrons. The summed E-state index contributed by atoms with van der Waals surface area (Å²) in [7, 11) is 1.45. The molecule has 0 bridgehead atoms. The van der Waals surface area contributed by atoms with Crippen LogP contribution in [-0.4, -0.2) is 52.6 Å². The molecule has 24 heavy (non-hydrogen) atoms. The number of carboxylic acids is 1. The number of carboxylic acid groups (broad SMARTS) is 1. The smallest absolute Gasteiger partial charge is 0.309 e. The molecule has 1 aromatic rings. The van der Waals surface area contributed by atoms with Crippen LogP contribution in [0.3, 0.4) is 0 Å². The molecule has 0 saturated carbocycles. The minimum atomic E-state index is -0.915. The zero-order valence-corrected chi connectivity index (χ0v) is 13.5. The molecule has 1 atom stereocenters. The number of methoxy groups -OCH3 is 1. The van der Waals surface area contributed by atoms with Gasteiger partial charge in [0.2, 0.25) is 11.3 Å². The second kappa shape index (κ2) is 6.27. The van der Waals surface area contributed by atoms with E-state index in [4.69, 9.17) is 4.74 Å². The van der Waals surface area contributed by atoms with Gasteiger partial charge in [0.15, 0.2) is 5.75 Å². The Morgan fingerprint density at radius 3 is 2.71 bits per heavy atom. The molecule has 3 heterocycles. The number of pyridine rings is 1. The van der Waals surface area contributed by atoms with E-state index in [9.17, 15) is 19.5 Å². The van der Waals surface area contributed by atoms with Gasteiger partial charge in [0.05, 0.1) is 18.6 Å². The highest BCUT2D eigenvalue weighted by molar-refractivity contribution is 5.88. The SMILES string of the molecule is COc1c[nH]c(CN2CCC3(CC2)NC(=O)CC3C(=O)O)cc1=O. The Morgan fingerprint density at radius 1 is 1.42 bits per heavy atom. The quantitative estimate of drug-likeness (QED) is 0.711. The molecular weight excluding hydrogens is 314 g/mol. The molecule has 1 spiro atoms. The van der Waals surface area contributed by atoms with Crippen LogP contribution < -0.4 is 15.5 Å². The molecule has 8 heteroatoms. The van der Waals surface area contributed by atoms with Crippen LogP contribution in [0.15, 0.2) is 17.1 Å². The summed E-state index contributed by atoms with van der Waals surface area (Å²) in [5.41, 5.74) is -0.0251. The van der Waals surface area contributed by atoms with E-state index in [1.165, 1.54) is 13.2 Å². The topological polar surface area (TPSA) is 112 Å². The summed E-state index contributed by atoms with van der Waals surface area (Å²) in [6.07, 6.45) is 2.79. The van der Waals surface area contributed by atoms with Gasteiger partial charge >= 0.3 is 5.97 Å². The van der Waals surface area contributed by atoms with Crippen molar-refractivity contribution < 1.29 is 19.4 Å². The lowest BCUT2D eigenvalue weighted by Gasteiger charge is -2.41. The van der Waals surface area contributed by atoms with E-state index in [0.717, 1.165) is 5.69 Å². The van der Waals surface area contributed by atoms with E-state index in [2.05, 4.69) is 15.2 Å². The number of aromatic amines is 1. The second-order valence-electron chi connectivity index (χ2n) is 6.47. The average molecular weight is 335 g/mol. The number of ether oxygens (including phenoxy) is 1. The van der Waals surface area contributed by atoms with Crippen LogP contribution in [0.25, 0.3) is 0 Å². The van der Waals surface area contributed by atoms with Crippen LogP contribution in [0.4, 0.5) is 0 Å². The summed E-state index contributed by atoms with van der Waals surface area (Å²) in [5.74, 6) is -1.49. The minimum Gasteiger partial charge on any atom is -0.491 e. The first kappa shape index (κ1) is 16.5. The van der Waals surface area contributed by atoms with Crippen molar-refractivity contribution in [1.29, 1.82) is 0 Å². The van der Waals surface area contributed by atoms with E-state index in [1.54, 1.807) is 6.20 Å². The Kier molecular flexibility index (Phi) is 4.31. The first-order chi connectivity index (χ1) is 11.4. The Hall–Kier alpha value is -2.35. The van der Waals surface area contributed by atoms with E-state index in [-0.39, 0.29) is 23.5 Å². The monoisotopic (exact) mass is 335 g/mol. The maximum absolute atomic E-state index is 11.8. The number of carbonyl (C=O) groups excluding carboxylic acids is 1. The van der Waals surface area contributed by atoms with Gasteiger partial charge in [-0.15, -0.1) is 0 Å². The number of hydrogen-bond donors (Lipinski definition) is 3. The second-order valence-corrected chi connectivity index (χ2v) is 6.47. The van der Waals surface area contributed by atoms with Gasteiger partial charge < -0.3 is 20.1 Å². The number of carbonyl (C=O) groups is 2.